The summed E-state index contributed by atoms with van der Waals surface area (Å²) < 4.78 is 28.2. The van der Waals surface area contributed by atoms with Crippen LogP contribution in [0.15, 0.2) is 36.4 Å². The van der Waals surface area contributed by atoms with E-state index in [0.717, 1.165) is 28.2 Å². The van der Waals surface area contributed by atoms with Gasteiger partial charge < -0.3 is 23.7 Å². The predicted molar refractivity (Wildman–Crippen MR) is 133 cm³/mol. The summed E-state index contributed by atoms with van der Waals surface area (Å²) in [5, 5.41) is 0. The van der Waals surface area contributed by atoms with Crippen molar-refractivity contribution < 1.29 is 23.7 Å². The molecule has 5 nitrogen and oxygen atoms in total. The molecule has 0 saturated carbocycles. The summed E-state index contributed by atoms with van der Waals surface area (Å²) in [7, 11) is 5.05. The van der Waals surface area contributed by atoms with E-state index in [1.165, 1.54) is 12.0 Å². The van der Waals surface area contributed by atoms with E-state index in [9.17, 15) is 0 Å². The Morgan fingerprint density at radius 1 is 0.697 bits per heavy atom. The third-order valence-corrected chi connectivity index (χ3v) is 5.65. The zero-order chi connectivity index (χ0) is 24.2. The van der Waals surface area contributed by atoms with Crippen molar-refractivity contribution in [3.8, 4) is 11.5 Å². The second kappa shape index (κ2) is 14.2. The average Bonchev–Trinajstić information content (AvgIpc) is 2.77. The van der Waals surface area contributed by atoms with Gasteiger partial charge in [-0.25, -0.2) is 0 Å². The van der Waals surface area contributed by atoms with Crippen LogP contribution in [0.3, 0.4) is 0 Å². The lowest BCUT2D eigenvalue weighted by Gasteiger charge is -2.23. The van der Waals surface area contributed by atoms with Crippen LogP contribution in [0.1, 0.15) is 62.3 Å². The number of ether oxygens (including phenoxy) is 5. The maximum absolute atomic E-state index is 6.14. The Kier molecular flexibility index (Phi) is 11.7. The largest absolute Gasteiger partial charge is 0.490 e. The molecule has 2 aromatic rings. The summed E-state index contributed by atoms with van der Waals surface area (Å²) in [5.74, 6) is 3.53. The molecular formula is C28H42O5. The van der Waals surface area contributed by atoms with E-state index < -0.39 is 0 Å². The summed E-state index contributed by atoms with van der Waals surface area (Å²) in [6, 6.07) is 12.7. The normalized spacial score (nSPS) is 12.4. The molecule has 0 aliphatic carbocycles. The highest BCUT2D eigenvalue weighted by atomic mass is 16.5. The minimum absolute atomic E-state index is 0.431. The first-order valence-electron chi connectivity index (χ1n) is 11.9. The highest BCUT2D eigenvalue weighted by Crippen LogP contribution is 2.32. The van der Waals surface area contributed by atoms with E-state index in [4.69, 9.17) is 23.7 Å². The molecule has 0 spiro atoms. The summed E-state index contributed by atoms with van der Waals surface area (Å²) in [6.45, 7) is 11.5. The van der Waals surface area contributed by atoms with Gasteiger partial charge in [0, 0.05) is 32.5 Å². The van der Waals surface area contributed by atoms with Gasteiger partial charge in [0.15, 0.2) is 0 Å². The van der Waals surface area contributed by atoms with Crippen LogP contribution in [0.4, 0.5) is 0 Å². The minimum atomic E-state index is 0.431. The minimum Gasteiger partial charge on any atom is -0.490 e. The fourth-order valence-electron chi connectivity index (χ4n) is 4.20. The van der Waals surface area contributed by atoms with Gasteiger partial charge in [0.2, 0.25) is 0 Å². The monoisotopic (exact) mass is 458 g/mol. The Morgan fingerprint density at radius 3 is 1.73 bits per heavy atom. The van der Waals surface area contributed by atoms with Gasteiger partial charge in [-0.05, 0) is 59.6 Å². The molecular weight excluding hydrogens is 416 g/mol. The first-order valence-corrected chi connectivity index (χ1v) is 11.9. The molecule has 0 aromatic heterocycles. The maximum atomic E-state index is 6.14. The standard InChI is InChI=1S/C28H42O5/c1-20(2)14-27(21(3)4)23-8-10-26(11-9-23)32-12-13-33-28-24(18-30-6)15-22(17-29-5)16-25(28)19-31-7/h8-11,15-16,20-21,27H,12-14,17-19H2,1-7H3. The van der Waals surface area contributed by atoms with Crippen LogP contribution >= 0.6 is 0 Å². The van der Waals surface area contributed by atoms with Crippen molar-refractivity contribution >= 4 is 0 Å². The SMILES string of the molecule is COCc1cc(COC)c(OCCOc2ccc(C(CC(C)C)C(C)C)cc2)c(COC)c1. The smallest absolute Gasteiger partial charge is 0.130 e. The Labute approximate surface area is 200 Å². The van der Waals surface area contributed by atoms with E-state index in [2.05, 4.69) is 64.1 Å². The molecule has 0 N–H and O–H groups in total. The second-order valence-electron chi connectivity index (χ2n) is 9.29. The van der Waals surface area contributed by atoms with Crippen molar-refractivity contribution in [2.24, 2.45) is 11.8 Å². The summed E-state index contributed by atoms with van der Waals surface area (Å²) in [5.41, 5.74) is 4.41. The highest BCUT2D eigenvalue weighted by molar-refractivity contribution is 5.44. The maximum Gasteiger partial charge on any atom is 0.130 e. The first-order chi connectivity index (χ1) is 15.9. The summed E-state index contributed by atoms with van der Waals surface area (Å²) in [4.78, 5) is 0. The molecule has 184 valence electrons. The molecule has 0 radical (unpaired) electrons. The van der Waals surface area contributed by atoms with Gasteiger partial charge in [0.05, 0.1) is 19.8 Å². The van der Waals surface area contributed by atoms with Crippen LogP contribution in [0.25, 0.3) is 0 Å². The molecule has 1 atom stereocenters. The van der Waals surface area contributed by atoms with Crippen LogP contribution in [-0.2, 0) is 34.0 Å². The predicted octanol–water partition coefficient (Wildman–Crippen LogP) is 6.37. The van der Waals surface area contributed by atoms with E-state index in [1.54, 1.807) is 21.3 Å². The first kappa shape index (κ1) is 27.2. The van der Waals surface area contributed by atoms with Gasteiger partial charge in [-0.15, -0.1) is 0 Å². The van der Waals surface area contributed by atoms with Gasteiger partial charge in [0.25, 0.3) is 0 Å². The zero-order valence-electron chi connectivity index (χ0n) is 21.5. The van der Waals surface area contributed by atoms with E-state index >= 15 is 0 Å². The second-order valence-corrected chi connectivity index (χ2v) is 9.29. The number of hydrogen-bond donors (Lipinski definition) is 0. The van der Waals surface area contributed by atoms with Gasteiger partial charge in [-0.2, -0.15) is 0 Å². The molecule has 5 heteroatoms. The lowest BCUT2D eigenvalue weighted by Crippen LogP contribution is -2.13. The van der Waals surface area contributed by atoms with Crippen molar-refractivity contribution in [2.45, 2.75) is 59.9 Å². The fraction of sp³-hybridized carbons (Fsp3) is 0.571. The van der Waals surface area contributed by atoms with Crippen molar-refractivity contribution in [1.29, 1.82) is 0 Å². The van der Waals surface area contributed by atoms with Crippen LogP contribution in [0.5, 0.6) is 11.5 Å². The van der Waals surface area contributed by atoms with Crippen molar-refractivity contribution in [2.75, 3.05) is 34.5 Å². The summed E-state index contributed by atoms with van der Waals surface area (Å²) >= 11 is 0. The van der Waals surface area contributed by atoms with Gasteiger partial charge >= 0.3 is 0 Å². The molecule has 33 heavy (non-hydrogen) atoms. The molecule has 0 amide bonds. The Bertz CT molecular complexity index is 787. The van der Waals surface area contributed by atoms with Gasteiger partial charge in [-0.1, -0.05) is 39.8 Å². The van der Waals surface area contributed by atoms with E-state index in [-0.39, 0.29) is 0 Å². The molecule has 0 aliphatic rings. The zero-order valence-corrected chi connectivity index (χ0v) is 21.5. The third kappa shape index (κ3) is 8.65. The van der Waals surface area contributed by atoms with Crippen LogP contribution in [-0.4, -0.2) is 34.5 Å². The van der Waals surface area contributed by atoms with E-state index in [1.807, 2.05) is 0 Å². The topological polar surface area (TPSA) is 46.2 Å². The Balaban J connectivity index is 2.01. The van der Waals surface area contributed by atoms with Crippen molar-refractivity contribution in [3.63, 3.8) is 0 Å². The third-order valence-electron chi connectivity index (χ3n) is 5.65. The number of hydrogen-bond acceptors (Lipinski definition) is 5. The van der Waals surface area contributed by atoms with E-state index in [0.29, 0.717) is 50.8 Å². The Hall–Kier alpha value is -2.08. The van der Waals surface area contributed by atoms with Crippen LogP contribution in [0.2, 0.25) is 0 Å². The fourth-order valence-corrected chi connectivity index (χ4v) is 4.20. The summed E-state index contributed by atoms with van der Waals surface area (Å²) in [6.07, 6.45) is 1.20. The lowest BCUT2D eigenvalue weighted by molar-refractivity contribution is 0.161. The molecule has 0 fully saturated rings. The Morgan fingerprint density at radius 2 is 1.24 bits per heavy atom. The quantitative estimate of drug-likeness (QED) is 0.290. The molecule has 2 aromatic carbocycles. The average molecular weight is 459 g/mol. The number of benzene rings is 2. The van der Waals surface area contributed by atoms with Gasteiger partial charge in [-0.3, -0.25) is 0 Å². The lowest BCUT2D eigenvalue weighted by atomic mass is 9.82. The molecule has 0 saturated heterocycles. The number of methoxy groups -OCH3 is 3. The van der Waals surface area contributed by atoms with Crippen molar-refractivity contribution in [1.82, 2.24) is 0 Å². The van der Waals surface area contributed by atoms with Crippen LogP contribution in [0, 0.1) is 11.8 Å². The number of rotatable bonds is 15. The molecule has 1 unspecified atom stereocenters. The molecule has 0 bridgehead atoms. The van der Waals surface area contributed by atoms with Crippen molar-refractivity contribution in [3.05, 3.63) is 58.7 Å². The van der Waals surface area contributed by atoms with Crippen LogP contribution < -0.4 is 9.47 Å². The van der Waals surface area contributed by atoms with Gasteiger partial charge in [0.1, 0.15) is 24.7 Å². The highest BCUT2D eigenvalue weighted by Gasteiger charge is 2.17. The molecule has 0 heterocycles. The molecule has 2 rings (SSSR count). The molecule has 0 aliphatic heterocycles.